The first-order chi connectivity index (χ1) is 7.08. The third-order valence-electron chi connectivity index (χ3n) is 2.35. The van der Waals surface area contributed by atoms with Crippen LogP contribution in [0.3, 0.4) is 0 Å². The smallest absolute Gasteiger partial charge is 0.0642 e. The van der Waals surface area contributed by atoms with Crippen molar-refractivity contribution in [3.63, 3.8) is 0 Å². The fourth-order valence-electron chi connectivity index (χ4n) is 1.55. The Bertz CT molecular complexity index is 502. The van der Waals surface area contributed by atoms with Gasteiger partial charge in [-0.25, -0.2) is 0 Å². The van der Waals surface area contributed by atoms with Crippen molar-refractivity contribution in [3.05, 3.63) is 39.7 Å². The van der Waals surface area contributed by atoms with E-state index in [-0.39, 0.29) is 0 Å². The zero-order valence-corrected chi connectivity index (χ0v) is 10.2. The molecule has 0 aliphatic carbocycles. The highest BCUT2D eigenvalue weighted by Gasteiger charge is 2.07. The molecule has 2 rings (SSSR count). The number of aryl methyl sites for hydroxylation is 2. The van der Waals surface area contributed by atoms with Crippen LogP contribution >= 0.6 is 22.9 Å². The third-order valence-corrected chi connectivity index (χ3v) is 3.71. The molecular formula is C12H12ClNS. The first-order valence-electron chi connectivity index (χ1n) is 4.70. The second-order valence-electron chi connectivity index (χ2n) is 3.60. The zero-order chi connectivity index (χ0) is 11.0. The normalized spacial score (nSPS) is 10.6. The number of anilines is 1. The van der Waals surface area contributed by atoms with Gasteiger partial charge in [0.1, 0.15) is 0 Å². The van der Waals surface area contributed by atoms with Gasteiger partial charge in [0, 0.05) is 9.75 Å². The van der Waals surface area contributed by atoms with E-state index in [1.165, 1.54) is 20.9 Å². The van der Waals surface area contributed by atoms with E-state index in [0.717, 1.165) is 0 Å². The monoisotopic (exact) mass is 237 g/mol. The van der Waals surface area contributed by atoms with Crippen LogP contribution in [0, 0.1) is 13.8 Å². The van der Waals surface area contributed by atoms with Crippen molar-refractivity contribution in [2.24, 2.45) is 0 Å². The van der Waals surface area contributed by atoms with E-state index in [0.29, 0.717) is 10.7 Å². The van der Waals surface area contributed by atoms with Gasteiger partial charge in [0.25, 0.3) is 0 Å². The molecular weight excluding hydrogens is 226 g/mol. The van der Waals surface area contributed by atoms with Gasteiger partial charge in [-0.2, -0.15) is 0 Å². The molecule has 1 aromatic carbocycles. The summed E-state index contributed by atoms with van der Waals surface area (Å²) in [6.07, 6.45) is 0. The average Bonchev–Trinajstić information content (AvgIpc) is 2.58. The lowest BCUT2D eigenvalue weighted by molar-refractivity contribution is 1.48. The SMILES string of the molecule is Cc1ccc(-c2cc(Cl)c(N)cc2C)s1. The molecule has 0 spiro atoms. The summed E-state index contributed by atoms with van der Waals surface area (Å²) in [6, 6.07) is 8.10. The summed E-state index contributed by atoms with van der Waals surface area (Å²) in [4.78, 5) is 2.55. The van der Waals surface area contributed by atoms with E-state index in [1.807, 2.05) is 12.1 Å². The molecule has 0 fully saturated rings. The molecule has 0 atom stereocenters. The maximum atomic E-state index is 6.02. The molecule has 0 unspecified atom stereocenters. The predicted octanol–water partition coefficient (Wildman–Crippen LogP) is 4.27. The quantitative estimate of drug-likeness (QED) is 0.737. The summed E-state index contributed by atoms with van der Waals surface area (Å²) in [5.41, 5.74) is 8.73. The molecule has 0 aliphatic heterocycles. The first-order valence-corrected chi connectivity index (χ1v) is 5.90. The van der Waals surface area contributed by atoms with Crippen LogP contribution in [0.5, 0.6) is 0 Å². The minimum absolute atomic E-state index is 0.627. The lowest BCUT2D eigenvalue weighted by atomic mass is 10.1. The Kier molecular flexibility index (Phi) is 2.72. The Morgan fingerprint density at radius 2 is 1.93 bits per heavy atom. The molecule has 0 amide bonds. The van der Waals surface area contributed by atoms with Crippen molar-refractivity contribution in [1.29, 1.82) is 0 Å². The molecule has 2 aromatic rings. The highest BCUT2D eigenvalue weighted by molar-refractivity contribution is 7.15. The first kappa shape index (κ1) is 10.5. The minimum Gasteiger partial charge on any atom is -0.398 e. The predicted molar refractivity (Wildman–Crippen MR) is 68.7 cm³/mol. The Labute approximate surface area is 98.5 Å². The molecule has 0 bridgehead atoms. The van der Waals surface area contributed by atoms with Gasteiger partial charge >= 0.3 is 0 Å². The maximum absolute atomic E-state index is 6.02. The number of thiophene rings is 1. The number of hydrogen-bond donors (Lipinski definition) is 1. The molecule has 1 nitrogen and oxygen atoms in total. The fourth-order valence-corrected chi connectivity index (χ4v) is 2.66. The van der Waals surface area contributed by atoms with Crippen LogP contribution in [-0.2, 0) is 0 Å². The number of nitrogens with two attached hydrogens (primary N) is 1. The van der Waals surface area contributed by atoms with Gasteiger partial charge in [-0.15, -0.1) is 11.3 Å². The Morgan fingerprint density at radius 1 is 1.20 bits per heavy atom. The summed E-state index contributed by atoms with van der Waals surface area (Å²) >= 11 is 7.79. The van der Waals surface area contributed by atoms with E-state index in [2.05, 4.69) is 26.0 Å². The Hall–Kier alpha value is -0.990. The highest BCUT2D eigenvalue weighted by atomic mass is 35.5. The highest BCUT2D eigenvalue weighted by Crippen LogP contribution is 2.34. The molecule has 0 saturated carbocycles. The van der Waals surface area contributed by atoms with Crippen molar-refractivity contribution < 1.29 is 0 Å². The zero-order valence-electron chi connectivity index (χ0n) is 8.67. The van der Waals surface area contributed by atoms with Gasteiger partial charge in [-0.05, 0) is 49.2 Å². The van der Waals surface area contributed by atoms with Gasteiger partial charge in [0.05, 0.1) is 10.7 Å². The van der Waals surface area contributed by atoms with Gasteiger partial charge in [-0.1, -0.05) is 11.6 Å². The topological polar surface area (TPSA) is 26.0 Å². The van der Waals surface area contributed by atoms with Crippen LogP contribution in [0.15, 0.2) is 24.3 Å². The summed E-state index contributed by atoms with van der Waals surface area (Å²) in [7, 11) is 0. The molecule has 3 heteroatoms. The van der Waals surface area contributed by atoms with Crippen molar-refractivity contribution in [2.75, 3.05) is 5.73 Å². The van der Waals surface area contributed by atoms with Crippen LogP contribution in [0.2, 0.25) is 5.02 Å². The standard InChI is InChI=1S/C12H12ClNS/c1-7-5-11(14)10(13)6-9(7)12-4-3-8(2)15-12/h3-6H,14H2,1-2H3. The molecule has 78 valence electrons. The van der Waals surface area contributed by atoms with Crippen molar-refractivity contribution >= 4 is 28.6 Å². The molecule has 1 heterocycles. The molecule has 0 saturated heterocycles. The van der Waals surface area contributed by atoms with Crippen molar-refractivity contribution in [2.45, 2.75) is 13.8 Å². The number of rotatable bonds is 1. The number of hydrogen-bond acceptors (Lipinski definition) is 2. The molecule has 2 N–H and O–H groups in total. The van der Waals surface area contributed by atoms with Crippen LogP contribution in [0.25, 0.3) is 10.4 Å². The van der Waals surface area contributed by atoms with Crippen LogP contribution in [-0.4, -0.2) is 0 Å². The molecule has 15 heavy (non-hydrogen) atoms. The van der Waals surface area contributed by atoms with Crippen LogP contribution < -0.4 is 5.73 Å². The lowest BCUT2D eigenvalue weighted by Crippen LogP contribution is -1.89. The summed E-state index contributed by atoms with van der Waals surface area (Å²) in [5, 5.41) is 0.627. The molecule has 0 radical (unpaired) electrons. The summed E-state index contributed by atoms with van der Waals surface area (Å²) < 4.78 is 0. The maximum Gasteiger partial charge on any atom is 0.0642 e. The fraction of sp³-hybridized carbons (Fsp3) is 0.167. The summed E-state index contributed by atoms with van der Waals surface area (Å²) in [5.74, 6) is 0. The van der Waals surface area contributed by atoms with Crippen LogP contribution in [0.1, 0.15) is 10.4 Å². The van der Waals surface area contributed by atoms with Gasteiger partial charge in [0.15, 0.2) is 0 Å². The largest absolute Gasteiger partial charge is 0.398 e. The Balaban J connectivity index is 2.58. The summed E-state index contributed by atoms with van der Waals surface area (Å²) in [6.45, 7) is 4.15. The number of nitrogen functional groups attached to an aromatic ring is 1. The number of halogens is 1. The second-order valence-corrected chi connectivity index (χ2v) is 5.29. The van der Waals surface area contributed by atoms with Gasteiger partial charge < -0.3 is 5.73 Å². The lowest BCUT2D eigenvalue weighted by Gasteiger charge is -2.06. The van der Waals surface area contributed by atoms with E-state index in [4.69, 9.17) is 17.3 Å². The van der Waals surface area contributed by atoms with Crippen molar-refractivity contribution in [3.8, 4) is 10.4 Å². The average molecular weight is 238 g/mol. The number of benzene rings is 1. The minimum atomic E-state index is 0.627. The van der Waals surface area contributed by atoms with Gasteiger partial charge in [-0.3, -0.25) is 0 Å². The third kappa shape index (κ3) is 2.01. The van der Waals surface area contributed by atoms with Crippen LogP contribution in [0.4, 0.5) is 5.69 Å². The van der Waals surface area contributed by atoms with E-state index in [9.17, 15) is 0 Å². The Morgan fingerprint density at radius 3 is 2.53 bits per heavy atom. The molecule has 0 aliphatic rings. The van der Waals surface area contributed by atoms with Crippen molar-refractivity contribution in [1.82, 2.24) is 0 Å². The van der Waals surface area contributed by atoms with Gasteiger partial charge in [0.2, 0.25) is 0 Å². The van der Waals surface area contributed by atoms with E-state index >= 15 is 0 Å². The van der Waals surface area contributed by atoms with E-state index < -0.39 is 0 Å². The van der Waals surface area contributed by atoms with E-state index in [1.54, 1.807) is 11.3 Å². The second kappa shape index (κ2) is 3.87. The molecule has 1 aromatic heterocycles.